The molecule has 0 radical (unpaired) electrons. The van der Waals surface area contributed by atoms with Crippen LogP contribution in [0.4, 0.5) is 8.78 Å². The number of aryl methyl sites for hydroxylation is 1. The van der Waals surface area contributed by atoms with Gasteiger partial charge in [0.05, 0.1) is 6.33 Å². The number of hydrogen-bond acceptors (Lipinski definition) is 5. The van der Waals surface area contributed by atoms with Crippen LogP contribution >= 0.6 is 11.6 Å². The summed E-state index contributed by atoms with van der Waals surface area (Å²) in [6.07, 6.45) is 1.05. The van der Waals surface area contributed by atoms with E-state index >= 15 is 0 Å². The van der Waals surface area contributed by atoms with E-state index in [9.17, 15) is 22.0 Å². The van der Waals surface area contributed by atoms with Crippen LogP contribution in [0.5, 0.6) is 0 Å². The van der Waals surface area contributed by atoms with Crippen LogP contribution in [0, 0.1) is 5.92 Å². The summed E-state index contributed by atoms with van der Waals surface area (Å²) in [4.78, 5) is 15.2. The molecule has 1 aromatic heterocycles. The molecule has 0 aromatic carbocycles. The molecule has 0 spiro atoms. The first-order valence-corrected chi connectivity index (χ1v) is 8.22. The second-order valence-corrected chi connectivity index (χ2v) is 6.85. The molecule has 2 rings (SSSR count). The molecule has 11 heteroatoms. The summed E-state index contributed by atoms with van der Waals surface area (Å²) in [5.41, 5.74) is 0. The molecule has 1 amide bonds. The normalized spacial score (nSPS) is 17.5. The molecule has 0 aliphatic carbocycles. The Hall–Kier alpha value is -1.26. The predicted octanol–water partition coefficient (Wildman–Crippen LogP) is 0.940. The maximum Gasteiger partial charge on any atom is 0.328 e. The SMILES string of the molecule is Cn1cnc(S(=O)(=O)NC(=O)C(F)(F)C2CCOCC2)c1Cl. The van der Waals surface area contributed by atoms with Gasteiger partial charge in [0, 0.05) is 26.2 Å². The minimum absolute atomic E-state index is 0.0230. The summed E-state index contributed by atoms with van der Waals surface area (Å²) >= 11 is 5.71. The van der Waals surface area contributed by atoms with E-state index in [2.05, 4.69) is 4.98 Å². The number of nitrogens with zero attached hydrogens (tertiary/aromatic N) is 2. The fourth-order valence-electron chi connectivity index (χ4n) is 2.06. The van der Waals surface area contributed by atoms with Gasteiger partial charge in [-0.25, -0.2) is 9.71 Å². The van der Waals surface area contributed by atoms with Crippen LogP contribution in [-0.2, 0) is 26.6 Å². The van der Waals surface area contributed by atoms with Gasteiger partial charge in [-0.05, 0) is 12.8 Å². The van der Waals surface area contributed by atoms with Crippen LogP contribution in [0.25, 0.3) is 0 Å². The van der Waals surface area contributed by atoms with Crippen molar-refractivity contribution in [3.8, 4) is 0 Å². The van der Waals surface area contributed by atoms with Crippen molar-refractivity contribution in [2.75, 3.05) is 13.2 Å². The van der Waals surface area contributed by atoms with Gasteiger partial charge >= 0.3 is 11.8 Å². The Bertz CT molecular complexity index is 671. The number of nitrogens with one attached hydrogen (secondary N) is 1. The van der Waals surface area contributed by atoms with Gasteiger partial charge in [0.1, 0.15) is 5.15 Å². The van der Waals surface area contributed by atoms with Crippen LogP contribution in [0.3, 0.4) is 0 Å². The maximum absolute atomic E-state index is 14.1. The van der Waals surface area contributed by atoms with E-state index in [4.69, 9.17) is 16.3 Å². The molecule has 0 bridgehead atoms. The molecule has 1 fully saturated rings. The number of rotatable bonds is 4. The van der Waals surface area contributed by atoms with Crippen molar-refractivity contribution in [2.24, 2.45) is 13.0 Å². The fourth-order valence-corrected chi connectivity index (χ4v) is 3.48. The molecule has 1 aliphatic rings. The van der Waals surface area contributed by atoms with E-state index < -0.39 is 32.8 Å². The van der Waals surface area contributed by atoms with Crippen LogP contribution in [0.15, 0.2) is 11.4 Å². The first-order valence-electron chi connectivity index (χ1n) is 6.36. The molecular weight excluding hydrogens is 344 g/mol. The van der Waals surface area contributed by atoms with Crippen LogP contribution in [0.2, 0.25) is 5.15 Å². The van der Waals surface area contributed by atoms with Gasteiger partial charge in [-0.3, -0.25) is 4.79 Å². The zero-order chi connectivity index (χ0) is 16.5. The summed E-state index contributed by atoms with van der Waals surface area (Å²) in [5, 5.41) is -0.956. The van der Waals surface area contributed by atoms with Crippen molar-refractivity contribution in [2.45, 2.75) is 23.8 Å². The molecule has 1 N–H and O–H groups in total. The molecule has 1 aromatic rings. The lowest BCUT2D eigenvalue weighted by molar-refractivity contribution is -0.157. The average molecular weight is 358 g/mol. The molecule has 22 heavy (non-hydrogen) atoms. The summed E-state index contributed by atoms with van der Waals surface area (Å²) < 4.78 is 59.5. The van der Waals surface area contributed by atoms with Gasteiger partial charge in [-0.15, -0.1) is 0 Å². The molecule has 7 nitrogen and oxygen atoms in total. The standard InChI is InChI=1S/C11H14ClF2N3O4S/c1-17-6-15-9(8(17)12)22(19,20)16-10(18)11(13,14)7-2-4-21-5-3-7/h6-7H,2-5H2,1H3,(H,16,18). The third-order valence-electron chi connectivity index (χ3n) is 3.35. The van der Waals surface area contributed by atoms with Crippen molar-refractivity contribution >= 4 is 27.5 Å². The number of ether oxygens (including phenoxy) is 1. The summed E-state index contributed by atoms with van der Waals surface area (Å²) in [6, 6.07) is 0. The molecule has 0 saturated carbocycles. The lowest BCUT2D eigenvalue weighted by Gasteiger charge is -2.28. The number of alkyl halides is 2. The molecule has 0 unspecified atom stereocenters. The number of aromatic nitrogens is 2. The highest BCUT2D eigenvalue weighted by atomic mass is 35.5. The van der Waals surface area contributed by atoms with Crippen LogP contribution in [0.1, 0.15) is 12.8 Å². The smallest absolute Gasteiger partial charge is 0.328 e. The van der Waals surface area contributed by atoms with Gasteiger partial charge in [-0.2, -0.15) is 17.2 Å². The lowest BCUT2D eigenvalue weighted by atomic mass is 9.92. The first kappa shape index (κ1) is 17.1. The summed E-state index contributed by atoms with van der Waals surface area (Å²) in [7, 11) is -3.14. The third-order valence-corrected chi connectivity index (χ3v) is 5.17. The second-order valence-electron chi connectivity index (χ2n) is 4.90. The number of carbonyl (C=O) groups excluding carboxylic acids is 1. The highest BCUT2D eigenvalue weighted by Crippen LogP contribution is 2.33. The Morgan fingerprint density at radius 3 is 2.59 bits per heavy atom. The number of imidazole rings is 1. The van der Waals surface area contributed by atoms with Gasteiger partial charge in [0.15, 0.2) is 0 Å². The van der Waals surface area contributed by atoms with Crippen molar-refractivity contribution in [3.63, 3.8) is 0 Å². The van der Waals surface area contributed by atoms with E-state index in [1.54, 1.807) is 0 Å². The van der Waals surface area contributed by atoms with E-state index in [0.29, 0.717) is 0 Å². The molecular formula is C11H14ClF2N3O4S. The third kappa shape index (κ3) is 3.23. The topological polar surface area (TPSA) is 90.3 Å². The minimum atomic E-state index is -4.57. The quantitative estimate of drug-likeness (QED) is 0.866. The Balaban J connectivity index is 2.18. The molecule has 124 valence electrons. The van der Waals surface area contributed by atoms with Gasteiger partial charge in [-0.1, -0.05) is 11.6 Å². The number of amides is 1. The Morgan fingerprint density at radius 2 is 2.09 bits per heavy atom. The zero-order valence-electron chi connectivity index (χ0n) is 11.6. The van der Waals surface area contributed by atoms with Crippen molar-refractivity contribution in [1.29, 1.82) is 0 Å². The fraction of sp³-hybridized carbons (Fsp3) is 0.636. The van der Waals surface area contributed by atoms with Crippen LogP contribution in [-0.4, -0.2) is 43.0 Å². The predicted molar refractivity (Wildman–Crippen MR) is 72.0 cm³/mol. The van der Waals surface area contributed by atoms with Crippen molar-refractivity contribution in [3.05, 3.63) is 11.5 Å². The molecule has 1 aliphatic heterocycles. The summed E-state index contributed by atoms with van der Waals surface area (Å²) in [6.45, 7) is 0.207. The zero-order valence-corrected chi connectivity index (χ0v) is 13.1. The molecule has 1 saturated heterocycles. The van der Waals surface area contributed by atoms with E-state index in [-0.39, 0.29) is 31.2 Å². The molecule has 2 heterocycles. The number of carbonyl (C=O) groups is 1. The van der Waals surface area contributed by atoms with Crippen molar-refractivity contribution < 1.29 is 26.7 Å². The highest BCUT2D eigenvalue weighted by molar-refractivity contribution is 7.90. The van der Waals surface area contributed by atoms with Gasteiger partial charge < -0.3 is 9.30 Å². The van der Waals surface area contributed by atoms with E-state index in [1.807, 2.05) is 0 Å². The maximum atomic E-state index is 14.1. The highest BCUT2D eigenvalue weighted by Gasteiger charge is 2.49. The Labute approximate surface area is 130 Å². The second kappa shape index (κ2) is 6.09. The van der Waals surface area contributed by atoms with Crippen molar-refractivity contribution in [1.82, 2.24) is 14.3 Å². The lowest BCUT2D eigenvalue weighted by Crippen LogP contribution is -2.49. The largest absolute Gasteiger partial charge is 0.381 e. The monoisotopic (exact) mass is 357 g/mol. The number of halogens is 3. The average Bonchev–Trinajstić information content (AvgIpc) is 2.80. The molecule has 0 atom stereocenters. The Morgan fingerprint density at radius 1 is 1.50 bits per heavy atom. The van der Waals surface area contributed by atoms with Gasteiger partial charge in [0.2, 0.25) is 5.03 Å². The minimum Gasteiger partial charge on any atom is -0.381 e. The summed E-state index contributed by atoms with van der Waals surface area (Å²) in [5.74, 6) is -6.98. The van der Waals surface area contributed by atoms with Gasteiger partial charge in [0.25, 0.3) is 10.0 Å². The van der Waals surface area contributed by atoms with E-state index in [1.165, 1.54) is 16.3 Å². The van der Waals surface area contributed by atoms with E-state index in [0.717, 1.165) is 6.33 Å². The first-order chi connectivity index (χ1) is 10.2. The van der Waals surface area contributed by atoms with Crippen LogP contribution < -0.4 is 4.72 Å². The number of sulfonamides is 1. The Kier molecular flexibility index (Phi) is 4.73. The number of hydrogen-bond donors (Lipinski definition) is 1.